The first-order valence-corrected chi connectivity index (χ1v) is 11.4. The maximum Gasteiger partial charge on any atom is 0.279 e. The summed E-state index contributed by atoms with van der Waals surface area (Å²) in [5.74, 6) is 0.585. The molecule has 7 heteroatoms. The molecule has 0 bridgehead atoms. The summed E-state index contributed by atoms with van der Waals surface area (Å²) in [6.45, 7) is 0.286. The Morgan fingerprint density at radius 3 is 2.26 bits per heavy atom. The Morgan fingerprint density at radius 1 is 0.765 bits per heavy atom. The second-order valence-corrected chi connectivity index (χ2v) is 8.29. The molecule has 166 valence electrons. The molecule has 0 aliphatic rings. The average molecular weight is 511 g/mol. The fraction of sp³-hybridized carbons (Fsp3) is 0.0370. The van der Waals surface area contributed by atoms with Crippen molar-refractivity contribution in [2.45, 2.75) is 6.61 Å². The Morgan fingerprint density at radius 2 is 1.50 bits per heavy atom. The Hall–Kier alpha value is -4.10. The molecule has 0 amide bonds. The number of pyridine rings is 2. The molecule has 0 spiro atoms. The van der Waals surface area contributed by atoms with Crippen molar-refractivity contribution in [3.63, 3.8) is 0 Å². The van der Waals surface area contributed by atoms with Gasteiger partial charge in [0.1, 0.15) is 18.1 Å². The molecular formula is C27H19BrN4O2. The first-order chi connectivity index (χ1) is 16.7. The standard InChI is InChI=1S/C27H19BrN4O2/c28-22-11-2-3-13-25(22)32-27(33)21(17-24(31-32)23-12-6-8-16-30-23)20-10-1-4-14-26(20)34-18-19-9-5-7-15-29-19/h1-17H,18H2. The van der Waals surface area contributed by atoms with Crippen molar-refractivity contribution in [1.82, 2.24) is 19.7 Å². The van der Waals surface area contributed by atoms with Gasteiger partial charge in [-0.2, -0.15) is 9.78 Å². The Kier molecular flexibility index (Phi) is 6.27. The molecule has 0 N–H and O–H groups in total. The predicted octanol–water partition coefficient (Wildman–Crippen LogP) is 5.70. The van der Waals surface area contributed by atoms with E-state index in [-0.39, 0.29) is 12.2 Å². The minimum Gasteiger partial charge on any atom is -0.487 e. The van der Waals surface area contributed by atoms with Crippen LogP contribution >= 0.6 is 15.9 Å². The quantitative estimate of drug-likeness (QED) is 0.293. The third kappa shape index (κ3) is 4.51. The van der Waals surface area contributed by atoms with Gasteiger partial charge in [0, 0.05) is 22.4 Å². The molecule has 0 aliphatic carbocycles. The summed E-state index contributed by atoms with van der Waals surface area (Å²) in [4.78, 5) is 22.5. The van der Waals surface area contributed by atoms with Crippen molar-refractivity contribution < 1.29 is 4.74 Å². The van der Waals surface area contributed by atoms with Gasteiger partial charge in [0.05, 0.1) is 22.6 Å². The maximum absolute atomic E-state index is 13.7. The fourth-order valence-electron chi connectivity index (χ4n) is 3.56. The first kappa shape index (κ1) is 21.7. The molecule has 0 unspecified atom stereocenters. The number of halogens is 1. The third-order valence-corrected chi connectivity index (χ3v) is 5.87. The van der Waals surface area contributed by atoms with Gasteiger partial charge in [-0.25, -0.2) is 0 Å². The zero-order valence-electron chi connectivity index (χ0n) is 18.0. The first-order valence-electron chi connectivity index (χ1n) is 10.6. The minimum absolute atomic E-state index is 0.263. The van der Waals surface area contributed by atoms with Crippen LogP contribution in [0.4, 0.5) is 0 Å². The Bertz CT molecular complexity index is 1490. The van der Waals surface area contributed by atoms with Crippen LogP contribution in [0.25, 0.3) is 28.2 Å². The number of hydrogen-bond acceptors (Lipinski definition) is 5. The lowest BCUT2D eigenvalue weighted by Crippen LogP contribution is -2.24. The molecule has 0 atom stereocenters. The summed E-state index contributed by atoms with van der Waals surface area (Å²) in [6.07, 6.45) is 3.43. The van der Waals surface area contributed by atoms with Gasteiger partial charge in [-0.1, -0.05) is 42.5 Å². The number of hydrogen-bond donors (Lipinski definition) is 0. The van der Waals surface area contributed by atoms with Crippen molar-refractivity contribution in [3.05, 3.63) is 124 Å². The lowest BCUT2D eigenvalue weighted by molar-refractivity contribution is 0.302. The summed E-state index contributed by atoms with van der Waals surface area (Å²) in [6, 6.07) is 28.0. The van der Waals surface area contributed by atoms with Gasteiger partial charge in [0.25, 0.3) is 5.56 Å². The summed E-state index contributed by atoms with van der Waals surface area (Å²) in [5.41, 5.74) is 3.54. The smallest absolute Gasteiger partial charge is 0.279 e. The van der Waals surface area contributed by atoms with Crippen molar-refractivity contribution in [1.29, 1.82) is 0 Å². The van der Waals surface area contributed by atoms with Crippen LogP contribution in [-0.2, 0) is 6.61 Å². The Labute approximate surface area is 204 Å². The molecule has 3 aromatic heterocycles. The molecule has 0 radical (unpaired) electrons. The number of para-hydroxylation sites is 2. The third-order valence-electron chi connectivity index (χ3n) is 5.20. The van der Waals surface area contributed by atoms with Gasteiger partial charge in [-0.05, 0) is 64.5 Å². The number of aromatic nitrogens is 4. The van der Waals surface area contributed by atoms with E-state index in [1.165, 1.54) is 4.68 Å². The van der Waals surface area contributed by atoms with Crippen molar-refractivity contribution in [3.8, 4) is 34.0 Å². The normalized spacial score (nSPS) is 10.7. The molecular weight excluding hydrogens is 492 g/mol. The second-order valence-electron chi connectivity index (χ2n) is 7.43. The van der Waals surface area contributed by atoms with Crippen LogP contribution in [-0.4, -0.2) is 19.7 Å². The molecule has 0 aliphatic heterocycles. The molecule has 0 fully saturated rings. The maximum atomic E-state index is 13.7. The number of benzene rings is 2. The topological polar surface area (TPSA) is 69.9 Å². The molecule has 6 nitrogen and oxygen atoms in total. The van der Waals surface area contributed by atoms with Crippen LogP contribution in [0.3, 0.4) is 0 Å². The largest absolute Gasteiger partial charge is 0.487 e. The van der Waals surface area contributed by atoms with Gasteiger partial charge < -0.3 is 4.74 Å². The highest BCUT2D eigenvalue weighted by Gasteiger charge is 2.18. The highest BCUT2D eigenvalue weighted by atomic mass is 79.9. The molecule has 3 heterocycles. The van der Waals surface area contributed by atoms with Crippen LogP contribution < -0.4 is 10.3 Å². The summed E-state index contributed by atoms with van der Waals surface area (Å²) < 4.78 is 8.25. The highest BCUT2D eigenvalue weighted by molar-refractivity contribution is 9.10. The fourth-order valence-corrected chi connectivity index (χ4v) is 4.02. The van der Waals surface area contributed by atoms with Gasteiger partial charge >= 0.3 is 0 Å². The average Bonchev–Trinajstić information content (AvgIpc) is 2.89. The lowest BCUT2D eigenvalue weighted by Gasteiger charge is -2.14. The second kappa shape index (κ2) is 9.80. The van der Waals surface area contributed by atoms with Gasteiger partial charge in [-0.3, -0.25) is 14.8 Å². The van der Waals surface area contributed by atoms with Crippen LogP contribution in [0, 0.1) is 0 Å². The molecule has 34 heavy (non-hydrogen) atoms. The van der Waals surface area contributed by atoms with Crippen LogP contribution in [0.5, 0.6) is 5.75 Å². The van der Waals surface area contributed by atoms with Gasteiger partial charge in [0.2, 0.25) is 0 Å². The van der Waals surface area contributed by atoms with E-state index in [0.717, 1.165) is 10.2 Å². The number of rotatable bonds is 6. The van der Waals surface area contributed by atoms with E-state index in [2.05, 4.69) is 31.0 Å². The zero-order chi connectivity index (χ0) is 23.3. The Balaban J connectivity index is 1.67. The van der Waals surface area contributed by atoms with Crippen LogP contribution in [0.1, 0.15) is 5.69 Å². The monoisotopic (exact) mass is 510 g/mol. The minimum atomic E-state index is -0.263. The number of ether oxygens (including phenoxy) is 1. The lowest BCUT2D eigenvalue weighted by atomic mass is 10.0. The van der Waals surface area contributed by atoms with Gasteiger partial charge in [-0.15, -0.1) is 0 Å². The van der Waals surface area contributed by atoms with E-state index in [1.54, 1.807) is 18.5 Å². The van der Waals surface area contributed by atoms with E-state index in [0.29, 0.717) is 34.0 Å². The SMILES string of the molecule is O=c1c(-c2ccccc2OCc2ccccn2)cc(-c2ccccn2)nn1-c1ccccc1Br. The summed E-state index contributed by atoms with van der Waals surface area (Å²) in [5, 5.41) is 4.64. The van der Waals surface area contributed by atoms with Gasteiger partial charge in [0.15, 0.2) is 0 Å². The van der Waals surface area contributed by atoms with Crippen molar-refractivity contribution in [2.24, 2.45) is 0 Å². The van der Waals surface area contributed by atoms with E-state index in [9.17, 15) is 4.79 Å². The van der Waals surface area contributed by atoms with E-state index >= 15 is 0 Å². The molecule has 0 saturated carbocycles. The van der Waals surface area contributed by atoms with E-state index in [1.807, 2.05) is 84.9 Å². The zero-order valence-corrected chi connectivity index (χ0v) is 19.6. The van der Waals surface area contributed by atoms with Crippen LogP contribution in [0.2, 0.25) is 0 Å². The number of nitrogens with zero attached hydrogens (tertiary/aromatic N) is 4. The van der Waals surface area contributed by atoms with E-state index < -0.39 is 0 Å². The molecule has 5 rings (SSSR count). The van der Waals surface area contributed by atoms with E-state index in [4.69, 9.17) is 4.74 Å². The summed E-state index contributed by atoms with van der Waals surface area (Å²) in [7, 11) is 0. The molecule has 0 saturated heterocycles. The molecule has 2 aromatic carbocycles. The van der Waals surface area contributed by atoms with Crippen molar-refractivity contribution in [2.75, 3.05) is 0 Å². The van der Waals surface area contributed by atoms with Crippen LogP contribution in [0.15, 0.2) is 113 Å². The predicted molar refractivity (Wildman–Crippen MR) is 135 cm³/mol. The summed E-state index contributed by atoms with van der Waals surface area (Å²) >= 11 is 3.55. The highest BCUT2D eigenvalue weighted by Crippen LogP contribution is 2.31. The molecule has 5 aromatic rings. The van der Waals surface area contributed by atoms with Crippen molar-refractivity contribution >= 4 is 15.9 Å².